The molecule has 23 heavy (non-hydrogen) atoms. The second-order valence-electron chi connectivity index (χ2n) is 5.93. The minimum absolute atomic E-state index is 0.0268. The van der Waals surface area contributed by atoms with Crippen LogP contribution in [-0.2, 0) is 4.74 Å². The number of carbonyl (C=O) groups is 1. The van der Waals surface area contributed by atoms with Gasteiger partial charge in [-0.2, -0.15) is 0 Å². The zero-order valence-electron chi connectivity index (χ0n) is 13.2. The van der Waals surface area contributed by atoms with Gasteiger partial charge in [0.15, 0.2) is 0 Å². The summed E-state index contributed by atoms with van der Waals surface area (Å²) in [6.45, 7) is 5.62. The Labute approximate surface area is 135 Å². The van der Waals surface area contributed by atoms with Gasteiger partial charge in [0.05, 0.1) is 11.5 Å². The van der Waals surface area contributed by atoms with E-state index in [4.69, 9.17) is 4.74 Å². The molecular weight excluding hydrogens is 298 g/mol. The lowest BCUT2D eigenvalue weighted by molar-refractivity contribution is -0.385. The highest BCUT2D eigenvalue weighted by Crippen LogP contribution is 2.30. The Hall–Kier alpha value is -2.15. The Morgan fingerprint density at radius 2 is 2.00 bits per heavy atom. The van der Waals surface area contributed by atoms with Crippen LogP contribution in [0, 0.1) is 10.1 Å². The highest BCUT2D eigenvalue weighted by molar-refractivity contribution is 5.95. The Bertz CT molecular complexity index is 607. The predicted octanol–water partition coefficient (Wildman–Crippen LogP) is 2.06. The molecular formula is C16H21N3O4. The molecule has 1 aromatic rings. The van der Waals surface area contributed by atoms with Gasteiger partial charge in [-0.3, -0.25) is 15.0 Å². The van der Waals surface area contributed by atoms with Crippen LogP contribution in [-0.4, -0.2) is 54.6 Å². The van der Waals surface area contributed by atoms with Crippen LogP contribution in [0.1, 0.15) is 30.1 Å². The van der Waals surface area contributed by atoms with Crippen LogP contribution in [0.2, 0.25) is 0 Å². The third-order valence-electron chi connectivity index (χ3n) is 4.41. The molecule has 0 N–H and O–H groups in total. The monoisotopic (exact) mass is 319 g/mol. The second-order valence-corrected chi connectivity index (χ2v) is 5.93. The molecule has 1 aliphatic heterocycles. The topological polar surface area (TPSA) is 75.9 Å². The number of esters is 1. The summed E-state index contributed by atoms with van der Waals surface area (Å²) in [4.78, 5) is 27.2. The Balaban J connectivity index is 1.78. The first-order valence-corrected chi connectivity index (χ1v) is 8.04. The quantitative estimate of drug-likeness (QED) is 0.470. The average Bonchev–Trinajstić information content (AvgIpc) is 3.39. The van der Waals surface area contributed by atoms with E-state index in [1.165, 1.54) is 18.9 Å². The summed E-state index contributed by atoms with van der Waals surface area (Å²) in [5.74, 6) is -0.641. The first kappa shape index (κ1) is 15.7. The fraction of sp³-hybridized carbons (Fsp3) is 0.562. The summed E-state index contributed by atoms with van der Waals surface area (Å²) >= 11 is 0. The lowest BCUT2D eigenvalue weighted by Gasteiger charge is -2.36. The minimum Gasteiger partial charge on any atom is -0.462 e. The number of benzene rings is 1. The number of carbonyl (C=O) groups excluding carboxylic acids is 1. The summed E-state index contributed by atoms with van der Waals surface area (Å²) in [5, 5.41) is 11.1. The van der Waals surface area contributed by atoms with Gasteiger partial charge < -0.3 is 9.64 Å². The maximum absolute atomic E-state index is 12.0. The lowest BCUT2D eigenvalue weighted by atomic mass is 10.1. The van der Waals surface area contributed by atoms with Gasteiger partial charge in [0.1, 0.15) is 5.56 Å². The molecule has 0 bridgehead atoms. The molecule has 7 nitrogen and oxygen atoms in total. The Morgan fingerprint density at radius 1 is 1.30 bits per heavy atom. The van der Waals surface area contributed by atoms with Crippen LogP contribution in [0.3, 0.4) is 0 Å². The average molecular weight is 319 g/mol. The van der Waals surface area contributed by atoms with E-state index in [9.17, 15) is 14.9 Å². The molecule has 0 aromatic heterocycles. The van der Waals surface area contributed by atoms with Crippen LogP contribution in [0.5, 0.6) is 0 Å². The van der Waals surface area contributed by atoms with Crippen molar-refractivity contribution in [2.45, 2.75) is 25.8 Å². The van der Waals surface area contributed by atoms with Gasteiger partial charge in [0.2, 0.25) is 0 Å². The number of hydrogen-bond donors (Lipinski definition) is 0. The van der Waals surface area contributed by atoms with Crippen molar-refractivity contribution < 1.29 is 14.5 Å². The lowest BCUT2D eigenvalue weighted by Crippen LogP contribution is -2.47. The van der Waals surface area contributed by atoms with Crippen LogP contribution in [0.25, 0.3) is 0 Å². The molecule has 1 saturated carbocycles. The number of piperazine rings is 1. The summed E-state index contributed by atoms with van der Waals surface area (Å²) in [7, 11) is 0. The third kappa shape index (κ3) is 3.44. The first-order chi connectivity index (χ1) is 11.1. The van der Waals surface area contributed by atoms with Crippen molar-refractivity contribution in [3.8, 4) is 0 Å². The smallest absolute Gasteiger partial charge is 0.345 e. The predicted molar refractivity (Wildman–Crippen MR) is 85.9 cm³/mol. The maximum Gasteiger partial charge on any atom is 0.345 e. The fourth-order valence-electron chi connectivity index (χ4n) is 3.04. The number of anilines is 1. The van der Waals surface area contributed by atoms with Gasteiger partial charge in [-0.25, -0.2) is 4.79 Å². The van der Waals surface area contributed by atoms with Gasteiger partial charge in [-0.05, 0) is 31.9 Å². The molecule has 0 spiro atoms. The van der Waals surface area contributed by atoms with Crippen molar-refractivity contribution in [1.82, 2.24) is 4.90 Å². The largest absolute Gasteiger partial charge is 0.462 e. The van der Waals surface area contributed by atoms with Gasteiger partial charge in [0.25, 0.3) is 5.69 Å². The number of nitro benzene ring substituents is 1. The first-order valence-electron chi connectivity index (χ1n) is 8.04. The van der Waals surface area contributed by atoms with Crippen molar-refractivity contribution in [3.05, 3.63) is 33.9 Å². The van der Waals surface area contributed by atoms with Crippen LogP contribution in [0.4, 0.5) is 11.4 Å². The van der Waals surface area contributed by atoms with E-state index in [0.717, 1.165) is 37.9 Å². The normalized spacial score (nSPS) is 18.7. The highest BCUT2D eigenvalue weighted by Gasteiger charge is 2.31. The van der Waals surface area contributed by atoms with Gasteiger partial charge >= 0.3 is 5.97 Å². The van der Waals surface area contributed by atoms with Crippen LogP contribution in [0.15, 0.2) is 18.2 Å². The zero-order chi connectivity index (χ0) is 16.4. The van der Waals surface area contributed by atoms with Crippen molar-refractivity contribution in [2.75, 3.05) is 37.7 Å². The second kappa shape index (κ2) is 6.54. The standard InChI is InChI=1S/C16H21N3O4/c1-2-23-16(20)14-11-13(5-6-15(14)19(21)22)18-9-7-17(8-10-18)12-3-4-12/h5-6,11-12H,2-4,7-10H2,1H3. The molecule has 7 heteroatoms. The van der Waals surface area contributed by atoms with Gasteiger partial charge in [0, 0.05) is 44.0 Å². The summed E-state index contributed by atoms with van der Waals surface area (Å²) in [6.07, 6.45) is 2.59. The molecule has 0 atom stereocenters. The van der Waals surface area contributed by atoms with Crippen molar-refractivity contribution >= 4 is 17.3 Å². The van der Waals surface area contributed by atoms with E-state index < -0.39 is 10.9 Å². The van der Waals surface area contributed by atoms with E-state index in [-0.39, 0.29) is 17.9 Å². The van der Waals surface area contributed by atoms with E-state index in [2.05, 4.69) is 9.80 Å². The molecule has 124 valence electrons. The summed E-state index contributed by atoms with van der Waals surface area (Å²) in [5.41, 5.74) is 0.664. The van der Waals surface area contributed by atoms with E-state index in [1.54, 1.807) is 19.1 Å². The maximum atomic E-state index is 12.0. The number of nitro groups is 1. The van der Waals surface area contributed by atoms with Crippen LogP contribution < -0.4 is 4.90 Å². The number of ether oxygens (including phenoxy) is 1. The van der Waals surface area contributed by atoms with E-state index in [1.807, 2.05) is 0 Å². The van der Waals surface area contributed by atoms with Crippen molar-refractivity contribution in [1.29, 1.82) is 0 Å². The highest BCUT2D eigenvalue weighted by atomic mass is 16.6. The zero-order valence-corrected chi connectivity index (χ0v) is 13.2. The molecule has 3 rings (SSSR count). The minimum atomic E-state index is -0.641. The van der Waals surface area contributed by atoms with E-state index >= 15 is 0 Å². The van der Waals surface area contributed by atoms with Crippen LogP contribution >= 0.6 is 0 Å². The number of hydrogen-bond acceptors (Lipinski definition) is 6. The van der Waals surface area contributed by atoms with Gasteiger partial charge in [-0.15, -0.1) is 0 Å². The third-order valence-corrected chi connectivity index (χ3v) is 4.41. The molecule has 1 heterocycles. The molecule has 0 radical (unpaired) electrons. The molecule has 1 aromatic carbocycles. The van der Waals surface area contributed by atoms with Gasteiger partial charge in [-0.1, -0.05) is 0 Å². The number of nitrogens with zero attached hydrogens (tertiary/aromatic N) is 3. The molecule has 2 fully saturated rings. The summed E-state index contributed by atoms with van der Waals surface area (Å²) in [6, 6.07) is 5.45. The van der Waals surface area contributed by atoms with Crippen molar-refractivity contribution in [2.24, 2.45) is 0 Å². The molecule has 2 aliphatic rings. The fourth-order valence-corrected chi connectivity index (χ4v) is 3.04. The summed E-state index contributed by atoms with van der Waals surface area (Å²) < 4.78 is 4.95. The molecule has 1 aliphatic carbocycles. The molecule has 1 saturated heterocycles. The Morgan fingerprint density at radius 3 is 2.57 bits per heavy atom. The van der Waals surface area contributed by atoms with Crippen molar-refractivity contribution in [3.63, 3.8) is 0 Å². The molecule has 0 unspecified atom stereocenters. The Kier molecular flexibility index (Phi) is 4.47. The number of rotatable bonds is 5. The van der Waals surface area contributed by atoms with E-state index in [0.29, 0.717) is 0 Å². The molecule has 0 amide bonds. The SMILES string of the molecule is CCOC(=O)c1cc(N2CCN(C3CC3)CC2)ccc1[N+](=O)[O-].